The summed E-state index contributed by atoms with van der Waals surface area (Å²) in [6.07, 6.45) is 1.50. The highest BCUT2D eigenvalue weighted by atomic mass is 16.4. The second kappa shape index (κ2) is 3.92. The number of aromatic nitrogens is 3. The third-order valence-electron chi connectivity index (χ3n) is 2.74. The predicted molar refractivity (Wildman–Crippen MR) is 52.4 cm³/mol. The molecule has 0 radical (unpaired) electrons. The Morgan fingerprint density at radius 1 is 1.56 bits per heavy atom. The molecule has 7 heteroatoms. The van der Waals surface area contributed by atoms with Crippen LogP contribution in [0.3, 0.4) is 0 Å². The molecule has 3 N–H and O–H groups in total. The van der Waals surface area contributed by atoms with E-state index < -0.39 is 17.8 Å². The first kappa shape index (κ1) is 10.6. The van der Waals surface area contributed by atoms with Crippen molar-refractivity contribution in [2.24, 2.45) is 11.7 Å². The Morgan fingerprint density at radius 2 is 2.31 bits per heavy atom. The highest BCUT2D eigenvalue weighted by molar-refractivity contribution is 5.73. The highest BCUT2D eigenvalue weighted by Crippen LogP contribution is 2.23. The quantitative estimate of drug-likeness (QED) is 0.680. The van der Waals surface area contributed by atoms with E-state index in [2.05, 4.69) is 10.3 Å². The van der Waals surface area contributed by atoms with E-state index in [1.54, 1.807) is 0 Å². The fourth-order valence-electron chi connectivity index (χ4n) is 1.93. The van der Waals surface area contributed by atoms with Crippen molar-refractivity contribution in [3.8, 4) is 0 Å². The van der Waals surface area contributed by atoms with Gasteiger partial charge >= 0.3 is 5.97 Å². The van der Waals surface area contributed by atoms with Gasteiger partial charge in [0.1, 0.15) is 6.54 Å². The molecule has 16 heavy (non-hydrogen) atoms. The summed E-state index contributed by atoms with van der Waals surface area (Å²) in [7, 11) is 0. The molecule has 1 aliphatic carbocycles. The minimum Gasteiger partial charge on any atom is -0.481 e. The largest absolute Gasteiger partial charge is 0.481 e. The summed E-state index contributed by atoms with van der Waals surface area (Å²) in [5.74, 6) is -1.69. The van der Waals surface area contributed by atoms with Crippen LogP contribution in [0.2, 0.25) is 0 Å². The van der Waals surface area contributed by atoms with Gasteiger partial charge in [-0.25, -0.2) is 4.68 Å². The summed E-state index contributed by atoms with van der Waals surface area (Å²) in [6.45, 7) is 0.0000709. The highest BCUT2D eigenvalue weighted by Gasteiger charge is 2.28. The lowest BCUT2D eigenvalue weighted by molar-refractivity contribution is -0.142. The second-order valence-corrected chi connectivity index (χ2v) is 3.88. The Kier molecular flexibility index (Phi) is 2.59. The van der Waals surface area contributed by atoms with Gasteiger partial charge < -0.3 is 10.8 Å². The van der Waals surface area contributed by atoms with Crippen LogP contribution in [-0.2, 0) is 29.0 Å². The summed E-state index contributed by atoms with van der Waals surface area (Å²) in [4.78, 5) is 21.6. The second-order valence-electron chi connectivity index (χ2n) is 3.88. The number of fused-ring (bicyclic) bond motifs is 1. The van der Waals surface area contributed by atoms with E-state index in [9.17, 15) is 9.59 Å². The lowest BCUT2D eigenvalue weighted by Crippen LogP contribution is -2.25. The summed E-state index contributed by atoms with van der Waals surface area (Å²) in [5.41, 5.74) is 6.57. The molecule has 0 fully saturated rings. The van der Waals surface area contributed by atoms with E-state index in [0.717, 1.165) is 5.69 Å². The minimum atomic E-state index is -0.810. The van der Waals surface area contributed by atoms with Crippen molar-refractivity contribution < 1.29 is 14.7 Å². The van der Waals surface area contributed by atoms with E-state index in [1.807, 2.05) is 0 Å². The zero-order valence-corrected chi connectivity index (χ0v) is 8.59. The number of hydrogen-bond donors (Lipinski definition) is 2. The number of carbonyl (C=O) groups is 2. The number of nitrogens with two attached hydrogens (primary N) is 1. The first-order valence-corrected chi connectivity index (χ1v) is 5.00. The van der Waals surface area contributed by atoms with E-state index in [1.165, 1.54) is 4.68 Å². The summed E-state index contributed by atoms with van der Waals surface area (Å²) in [6, 6.07) is 0. The predicted octanol–water partition coefficient (Wildman–Crippen LogP) is -1.05. The Balaban J connectivity index is 2.20. The third-order valence-corrected chi connectivity index (χ3v) is 2.74. The van der Waals surface area contributed by atoms with Crippen molar-refractivity contribution in [1.29, 1.82) is 0 Å². The molecule has 0 aliphatic heterocycles. The van der Waals surface area contributed by atoms with Crippen molar-refractivity contribution in [2.75, 3.05) is 0 Å². The molecule has 1 heterocycles. The van der Waals surface area contributed by atoms with Crippen LogP contribution in [-0.4, -0.2) is 32.0 Å². The van der Waals surface area contributed by atoms with Crippen LogP contribution in [0.4, 0.5) is 0 Å². The summed E-state index contributed by atoms with van der Waals surface area (Å²) in [5, 5.41) is 16.6. The van der Waals surface area contributed by atoms with E-state index >= 15 is 0 Å². The molecule has 0 spiro atoms. The molecule has 2 rings (SSSR count). The van der Waals surface area contributed by atoms with E-state index in [-0.39, 0.29) is 6.54 Å². The van der Waals surface area contributed by atoms with Gasteiger partial charge in [0.05, 0.1) is 17.3 Å². The van der Waals surface area contributed by atoms with Crippen molar-refractivity contribution in [3.05, 3.63) is 11.4 Å². The van der Waals surface area contributed by atoms with Crippen molar-refractivity contribution in [1.82, 2.24) is 15.0 Å². The average molecular weight is 224 g/mol. The Hall–Kier alpha value is -1.92. The zero-order valence-electron chi connectivity index (χ0n) is 8.59. The average Bonchev–Trinajstić information content (AvgIpc) is 2.60. The van der Waals surface area contributed by atoms with Gasteiger partial charge in [-0.1, -0.05) is 5.21 Å². The van der Waals surface area contributed by atoms with Crippen molar-refractivity contribution >= 4 is 11.9 Å². The van der Waals surface area contributed by atoms with Crippen LogP contribution in [0.1, 0.15) is 17.8 Å². The standard InChI is InChI=1S/C9H12N4O3/c10-8(14)4-13-7-2-1-5(9(15)16)3-6(7)11-12-13/h5H,1-4H2,(H2,10,14)(H,15,16). The van der Waals surface area contributed by atoms with Crippen LogP contribution in [0, 0.1) is 5.92 Å². The number of carboxylic acids is 1. The summed E-state index contributed by atoms with van der Waals surface area (Å²) >= 11 is 0. The van der Waals surface area contributed by atoms with Gasteiger partial charge in [-0.2, -0.15) is 0 Å². The van der Waals surface area contributed by atoms with Gasteiger partial charge in [0.2, 0.25) is 5.91 Å². The number of carbonyl (C=O) groups excluding carboxylic acids is 1. The monoisotopic (exact) mass is 224 g/mol. The molecule has 0 bridgehead atoms. The molecule has 1 atom stereocenters. The third kappa shape index (κ3) is 1.88. The fraction of sp³-hybridized carbons (Fsp3) is 0.556. The van der Waals surface area contributed by atoms with Gasteiger partial charge in [-0.05, 0) is 12.8 Å². The molecule has 0 saturated carbocycles. The Labute approximate surface area is 91.2 Å². The lowest BCUT2D eigenvalue weighted by atomic mass is 9.90. The SMILES string of the molecule is NC(=O)Cn1nnc2c1CCC(C(=O)O)C2. The topological polar surface area (TPSA) is 111 Å². The lowest BCUT2D eigenvalue weighted by Gasteiger charge is -2.17. The number of aliphatic carboxylic acids is 1. The minimum absolute atomic E-state index is 0.0000709. The smallest absolute Gasteiger partial charge is 0.306 e. The van der Waals surface area contributed by atoms with Gasteiger partial charge in [0.25, 0.3) is 0 Å². The van der Waals surface area contributed by atoms with Crippen LogP contribution in [0.5, 0.6) is 0 Å². The zero-order chi connectivity index (χ0) is 11.7. The maximum atomic E-state index is 10.8. The Morgan fingerprint density at radius 3 is 2.94 bits per heavy atom. The van der Waals surface area contributed by atoms with Crippen molar-refractivity contribution in [2.45, 2.75) is 25.8 Å². The van der Waals surface area contributed by atoms with Gasteiger partial charge in [0, 0.05) is 6.42 Å². The Bertz CT molecular complexity index is 440. The van der Waals surface area contributed by atoms with Crippen LogP contribution >= 0.6 is 0 Å². The molecule has 1 aromatic rings. The molecule has 1 amide bonds. The van der Waals surface area contributed by atoms with Crippen molar-refractivity contribution in [3.63, 3.8) is 0 Å². The molecule has 7 nitrogen and oxygen atoms in total. The first-order chi connectivity index (χ1) is 7.58. The molecule has 1 aliphatic rings. The number of primary amides is 1. The first-order valence-electron chi connectivity index (χ1n) is 5.00. The van der Waals surface area contributed by atoms with Gasteiger partial charge in [0.15, 0.2) is 0 Å². The number of amides is 1. The molecule has 0 saturated heterocycles. The number of hydrogen-bond acceptors (Lipinski definition) is 4. The number of rotatable bonds is 3. The molecule has 86 valence electrons. The maximum absolute atomic E-state index is 10.8. The van der Waals surface area contributed by atoms with E-state index in [0.29, 0.717) is 25.0 Å². The van der Waals surface area contributed by atoms with Crippen LogP contribution in [0.25, 0.3) is 0 Å². The van der Waals surface area contributed by atoms with Crippen LogP contribution in [0.15, 0.2) is 0 Å². The molecule has 0 aromatic carbocycles. The normalized spacial score (nSPS) is 19.1. The van der Waals surface area contributed by atoms with Crippen LogP contribution < -0.4 is 5.73 Å². The number of carboxylic acid groups (broad SMARTS) is 1. The number of nitrogens with zero attached hydrogens (tertiary/aromatic N) is 3. The van der Waals surface area contributed by atoms with E-state index in [4.69, 9.17) is 10.8 Å². The summed E-state index contributed by atoms with van der Waals surface area (Å²) < 4.78 is 1.45. The molecule has 1 aromatic heterocycles. The fourth-order valence-corrected chi connectivity index (χ4v) is 1.93. The van der Waals surface area contributed by atoms with Gasteiger partial charge in [-0.15, -0.1) is 5.10 Å². The molecular formula is C9H12N4O3. The molecular weight excluding hydrogens is 212 g/mol. The maximum Gasteiger partial charge on any atom is 0.306 e. The van der Waals surface area contributed by atoms with Gasteiger partial charge in [-0.3, -0.25) is 9.59 Å². The molecule has 1 unspecified atom stereocenters.